The van der Waals surface area contributed by atoms with Gasteiger partial charge in [0.1, 0.15) is 0 Å². The minimum atomic E-state index is -0.717. The molecule has 1 aliphatic rings. The summed E-state index contributed by atoms with van der Waals surface area (Å²) in [6.45, 7) is 6.08. The summed E-state index contributed by atoms with van der Waals surface area (Å²) in [5.41, 5.74) is 0. The zero-order valence-electron chi connectivity index (χ0n) is 10.5. The molecule has 0 spiro atoms. The van der Waals surface area contributed by atoms with Crippen molar-refractivity contribution in [1.29, 1.82) is 0 Å². The van der Waals surface area contributed by atoms with Gasteiger partial charge in [-0.25, -0.2) is 0 Å². The number of aliphatic carboxylic acids is 1. The summed E-state index contributed by atoms with van der Waals surface area (Å²) in [6, 6.07) is 0.483. The molecule has 4 heteroatoms. The van der Waals surface area contributed by atoms with E-state index in [1.165, 1.54) is 12.8 Å². The van der Waals surface area contributed by atoms with E-state index < -0.39 is 5.97 Å². The van der Waals surface area contributed by atoms with Gasteiger partial charge in [0.05, 0.1) is 12.5 Å². The molecule has 4 nitrogen and oxygen atoms in total. The number of carboxylic acid groups (broad SMARTS) is 1. The van der Waals surface area contributed by atoms with Gasteiger partial charge >= 0.3 is 5.97 Å². The fourth-order valence-electron chi connectivity index (χ4n) is 1.98. The van der Waals surface area contributed by atoms with Gasteiger partial charge in [0.25, 0.3) is 0 Å². The van der Waals surface area contributed by atoms with Crippen LogP contribution >= 0.6 is 0 Å². The molecule has 0 aliphatic heterocycles. The van der Waals surface area contributed by atoms with Crippen molar-refractivity contribution in [3.8, 4) is 0 Å². The second kappa shape index (κ2) is 6.21. The van der Waals surface area contributed by atoms with Gasteiger partial charge in [-0.2, -0.15) is 0 Å². The van der Waals surface area contributed by atoms with E-state index in [-0.39, 0.29) is 5.92 Å². The number of nitrogens with zero attached hydrogens (tertiary/aromatic N) is 1. The first kappa shape index (κ1) is 13.5. The maximum absolute atomic E-state index is 10.9. The Balaban J connectivity index is 2.44. The van der Waals surface area contributed by atoms with E-state index in [0.717, 1.165) is 12.5 Å². The molecule has 0 bridgehead atoms. The van der Waals surface area contributed by atoms with Crippen LogP contribution in [0.4, 0.5) is 0 Å². The smallest absolute Gasteiger partial charge is 0.307 e. The second-order valence-electron chi connectivity index (χ2n) is 4.81. The molecule has 1 aliphatic carbocycles. The molecule has 1 rings (SSSR count). The maximum atomic E-state index is 10.9. The van der Waals surface area contributed by atoms with Gasteiger partial charge in [0.15, 0.2) is 0 Å². The summed E-state index contributed by atoms with van der Waals surface area (Å²) in [5.74, 6) is -0.263. The van der Waals surface area contributed by atoms with E-state index in [0.29, 0.717) is 19.2 Å². The third-order valence-corrected chi connectivity index (χ3v) is 3.39. The van der Waals surface area contributed by atoms with E-state index in [2.05, 4.69) is 11.8 Å². The van der Waals surface area contributed by atoms with Crippen molar-refractivity contribution in [3.05, 3.63) is 0 Å². The van der Waals surface area contributed by atoms with Crippen molar-refractivity contribution >= 4 is 5.97 Å². The lowest BCUT2D eigenvalue weighted by Gasteiger charge is -2.30. The second-order valence-corrected chi connectivity index (χ2v) is 4.81. The molecule has 1 saturated carbocycles. The number of methoxy groups -OCH3 is 1. The van der Waals surface area contributed by atoms with E-state index in [1.54, 1.807) is 14.0 Å². The van der Waals surface area contributed by atoms with Crippen LogP contribution in [0, 0.1) is 11.8 Å². The number of ether oxygens (including phenoxy) is 1. The van der Waals surface area contributed by atoms with E-state index in [4.69, 9.17) is 9.84 Å². The van der Waals surface area contributed by atoms with Crippen LogP contribution in [-0.4, -0.2) is 48.8 Å². The van der Waals surface area contributed by atoms with Gasteiger partial charge in [-0.15, -0.1) is 0 Å². The lowest BCUT2D eigenvalue weighted by Crippen LogP contribution is -2.41. The van der Waals surface area contributed by atoms with Crippen LogP contribution < -0.4 is 0 Å². The predicted molar refractivity (Wildman–Crippen MR) is 62.4 cm³/mol. The van der Waals surface area contributed by atoms with E-state index in [1.807, 2.05) is 0 Å². The average molecular weight is 229 g/mol. The maximum Gasteiger partial charge on any atom is 0.307 e. The summed E-state index contributed by atoms with van der Waals surface area (Å²) in [6.07, 6.45) is 2.57. The zero-order chi connectivity index (χ0) is 12.1. The van der Waals surface area contributed by atoms with Crippen molar-refractivity contribution in [2.75, 3.05) is 26.8 Å². The monoisotopic (exact) mass is 229 g/mol. The largest absolute Gasteiger partial charge is 0.481 e. The van der Waals surface area contributed by atoms with Crippen LogP contribution in [0.5, 0.6) is 0 Å². The minimum absolute atomic E-state index is 0.307. The Morgan fingerprint density at radius 3 is 2.56 bits per heavy atom. The number of carbonyl (C=O) groups is 1. The fraction of sp³-hybridized carbons (Fsp3) is 0.917. The minimum Gasteiger partial charge on any atom is -0.481 e. The molecule has 2 unspecified atom stereocenters. The third kappa shape index (κ3) is 4.10. The molecular weight excluding hydrogens is 206 g/mol. The van der Waals surface area contributed by atoms with Gasteiger partial charge < -0.3 is 9.84 Å². The third-order valence-electron chi connectivity index (χ3n) is 3.39. The zero-order valence-corrected chi connectivity index (χ0v) is 10.5. The Morgan fingerprint density at radius 2 is 2.12 bits per heavy atom. The molecular formula is C12H23NO3. The summed E-state index contributed by atoms with van der Waals surface area (Å²) >= 11 is 0. The summed E-state index contributed by atoms with van der Waals surface area (Å²) in [5, 5.41) is 8.93. The first-order chi connectivity index (χ1) is 7.56. The van der Waals surface area contributed by atoms with Crippen molar-refractivity contribution in [2.24, 2.45) is 11.8 Å². The van der Waals surface area contributed by atoms with Crippen molar-refractivity contribution < 1.29 is 14.6 Å². The molecule has 0 aromatic heterocycles. The topological polar surface area (TPSA) is 49.8 Å². The molecule has 0 heterocycles. The highest BCUT2D eigenvalue weighted by Gasteiger charge is 2.32. The molecule has 16 heavy (non-hydrogen) atoms. The Kier molecular flexibility index (Phi) is 5.22. The van der Waals surface area contributed by atoms with Crippen molar-refractivity contribution in [2.45, 2.75) is 32.7 Å². The number of carboxylic acids is 1. The lowest BCUT2D eigenvalue weighted by molar-refractivity contribution is -0.142. The molecule has 0 amide bonds. The molecule has 94 valence electrons. The van der Waals surface area contributed by atoms with Gasteiger partial charge in [-0.05, 0) is 25.7 Å². The molecule has 2 atom stereocenters. The predicted octanol–water partition coefficient (Wildman–Crippen LogP) is 1.45. The first-order valence-electron chi connectivity index (χ1n) is 6.02. The molecule has 1 N–H and O–H groups in total. The van der Waals surface area contributed by atoms with E-state index in [9.17, 15) is 4.79 Å². The van der Waals surface area contributed by atoms with Gasteiger partial charge in [-0.1, -0.05) is 6.92 Å². The van der Waals surface area contributed by atoms with Crippen molar-refractivity contribution in [3.63, 3.8) is 0 Å². The number of rotatable bonds is 8. The van der Waals surface area contributed by atoms with Crippen LogP contribution in [0.3, 0.4) is 0 Å². The molecule has 1 fully saturated rings. The van der Waals surface area contributed by atoms with Crippen LogP contribution in [0.15, 0.2) is 0 Å². The van der Waals surface area contributed by atoms with Gasteiger partial charge in [-0.3, -0.25) is 9.69 Å². The first-order valence-corrected chi connectivity index (χ1v) is 6.02. The number of hydrogen-bond acceptors (Lipinski definition) is 3. The highest BCUT2D eigenvalue weighted by molar-refractivity contribution is 5.69. The lowest BCUT2D eigenvalue weighted by atomic mass is 10.1. The normalized spacial score (nSPS) is 19.8. The standard InChI is InChI=1S/C12H23NO3/c1-9(12(14)15)8-13(6-7-16-3)10(2)11-4-5-11/h9-11H,4-8H2,1-3H3,(H,14,15). The van der Waals surface area contributed by atoms with Crippen LogP contribution in [0.2, 0.25) is 0 Å². The van der Waals surface area contributed by atoms with Gasteiger partial charge in [0, 0.05) is 26.2 Å². The number of hydrogen-bond donors (Lipinski definition) is 1. The Labute approximate surface area is 97.6 Å². The Bertz CT molecular complexity index is 228. The highest BCUT2D eigenvalue weighted by Crippen LogP contribution is 2.35. The van der Waals surface area contributed by atoms with Crippen LogP contribution in [0.25, 0.3) is 0 Å². The molecule has 0 aromatic carbocycles. The summed E-state index contributed by atoms with van der Waals surface area (Å²) in [7, 11) is 1.68. The van der Waals surface area contributed by atoms with Crippen LogP contribution in [-0.2, 0) is 9.53 Å². The summed E-state index contributed by atoms with van der Waals surface area (Å²) in [4.78, 5) is 13.1. The van der Waals surface area contributed by atoms with Crippen LogP contribution in [0.1, 0.15) is 26.7 Å². The Morgan fingerprint density at radius 1 is 1.50 bits per heavy atom. The van der Waals surface area contributed by atoms with Gasteiger partial charge in [0.2, 0.25) is 0 Å². The molecule has 0 saturated heterocycles. The SMILES string of the molecule is COCCN(CC(C)C(=O)O)C(C)C1CC1. The highest BCUT2D eigenvalue weighted by atomic mass is 16.5. The summed E-state index contributed by atoms with van der Waals surface area (Å²) < 4.78 is 5.08. The fourth-order valence-corrected chi connectivity index (χ4v) is 1.98. The molecule has 0 aromatic rings. The average Bonchev–Trinajstić information content (AvgIpc) is 3.06. The molecule has 0 radical (unpaired) electrons. The van der Waals surface area contributed by atoms with E-state index >= 15 is 0 Å². The Hall–Kier alpha value is -0.610. The quantitative estimate of drug-likeness (QED) is 0.684. The van der Waals surface area contributed by atoms with Crippen molar-refractivity contribution in [1.82, 2.24) is 4.90 Å².